The van der Waals surface area contributed by atoms with Crippen molar-refractivity contribution in [2.75, 3.05) is 39.5 Å². The summed E-state index contributed by atoms with van der Waals surface area (Å²) >= 11 is 2.99. The summed E-state index contributed by atoms with van der Waals surface area (Å²) in [7, 11) is 0. The van der Waals surface area contributed by atoms with Crippen molar-refractivity contribution in [3.63, 3.8) is 0 Å². The lowest BCUT2D eigenvalue weighted by atomic mass is 10.3. The highest BCUT2D eigenvalue weighted by molar-refractivity contribution is 9.10. The number of aliphatic hydroxyl groups excluding tert-OH is 1. The summed E-state index contributed by atoms with van der Waals surface area (Å²) in [5, 5.41) is 9.84. The van der Waals surface area contributed by atoms with Crippen LogP contribution in [0.15, 0.2) is 16.6 Å². The monoisotopic (exact) mass is 351 g/mol. The van der Waals surface area contributed by atoms with Gasteiger partial charge in [-0.05, 0) is 12.1 Å². The predicted molar refractivity (Wildman–Crippen MR) is 72.8 cm³/mol. The Morgan fingerprint density at radius 2 is 1.90 bits per heavy atom. The van der Waals surface area contributed by atoms with Gasteiger partial charge in [0.05, 0.1) is 13.2 Å². The van der Waals surface area contributed by atoms with Gasteiger partial charge in [0.15, 0.2) is 17.4 Å². The molecule has 0 aliphatic carbocycles. The minimum absolute atomic E-state index is 0.160. The normalized spacial score (nSPS) is 18.0. The van der Waals surface area contributed by atoms with Gasteiger partial charge in [-0.2, -0.15) is 0 Å². The molecule has 1 heterocycles. The van der Waals surface area contributed by atoms with Gasteiger partial charge in [-0.25, -0.2) is 8.78 Å². The molecule has 1 aromatic carbocycles. The van der Waals surface area contributed by atoms with E-state index in [1.54, 1.807) is 0 Å². The van der Waals surface area contributed by atoms with Gasteiger partial charge in [0.25, 0.3) is 0 Å². The molecule has 1 aliphatic heterocycles. The summed E-state index contributed by atoms with van der Waals surface area (Å²) in [6.45, 7) is 2.96. The molecule has 1 saturated heterocycles. The van der Waals surface area contributed by atoms with E-state index < -0.39 is 23.5 Å². The van der Waals surface area contributed by atoms with E-state index >= 15 is 0 Å². The Balaban J connectivity index is 1.85. The molecule has 0 bridgehead atoms. The van der Waals surface area contributed by atoms with Crippen LogP contribution in [-0.2, 0) is 4.74 Å². The van der Waals surface area contributed by atoms with Crippen LogP contribution >= 0.6 is 15.9 Å². The zero-order chi connectivity index (χ0) is 14.5. The van der Waals surface area contributed by atoms with Gasteiger partial charge in [-0.15, -0.1) is 0 Å². The Kier molecular flexibility index (Phi) is 5.71. The van der Waals surface area contributed by atoms with Gasteiger partial charge in [0, 0.05) is 24.1 Å². The fraction of sp³-hybridized carbons (Fsp3) is 0.538. The molecular formula is C13H16BrF2NO3. The molecule has 4 nitrogen and oxygen atoms in total. The Morgan fingerprint density at radius 1 is 1.30 bits per heavy atom. The summed E-state index contributed by atoms with van der Waals surface area (Å²) in [6.07, 6.45) is -0.810. The van der Waals surface area contributed by atoms with E-state index in [1.807, 2.05) is 4.90 Å². The highest BCUT2D eigenvalue weighted by Crippen LogP contribution is 2.25. The summed E-state index contributed by atoms with van der Waals surface area (Å²) in [5.41, 5.74) is 0. The Morgan fingerprint density at radius 3 is 2.50 bits per heavy atom. The molecule has 0 spiro atoms. The van der Waals surface area contributed by atoms with Crippen LogP contribution in [0, 0.1) is 11.6 Å². The quantitative estimate of drug-likeness (QED) is 0.878. The maximum Gasteiger partial charge on any atom is 0.190 e. The van der Waals surface area contributed by atoms with Crippen molar-refractivity contribution in [1.29, 1.82) is 0 Å². The topological polar surface area (TPSA) is 41.9 Å². The van der Waals surface area contributed by atoms with E-state index in [9.17, 15) is 13.9 Å². The maximum atomic E-state index is 13.5. The number of halogens is 3. The van der Waals surface area contributed by atoms with E-state index in [0.29, 0.717) is 24.2 Å². The average molecular weight is 352 g/mol. The van der Waals surface area contributed by atoms with Crippen molar-refractivity contribution in [3.8, 4) is 5.75 Å². The molecule has 20 heavy (non-hydrogen) atoms. The van der Waals surface area contributed by atoms with Gasteiger partial charge >= 0.3 is 0 Å². The molecule has 2 rings (SSSR count). The third kappa shape index (κ3) is 4.37. The van der Waals surface area contributed by atoms with Gasteiger partial charge < -0.3 is 14.6 Å². The van der Waals surface area contributed by atoms with Gasteiger partial charge in [0.2, 0.25) is 0 Å². The zero-order valence-electron chi connectivity index (χ0n) is 10.8. The Labute approximate surface area is 124 Å². The predicted octanol–water partition coefficient (Wildman–Crippen LogP) is 1.80. The SMILES string of the molecule is O[C@H](COc1c(F)cc(Br)cc1F)CN1CCOCC1. The molecule has 0 saturated carbocycles. The molecule has 1 aromatic rings. The van der Waals surface area contributed by atoms with Crippen molar-refractivity contribution in [1.82, 2.24) is 4.90 Å². The second kappa shape index (κ2) is 7.31. The first-order chi connectivity index (χ1) is 9.56. The minimum Gasteiger partial charge on any atom is -0.485 e. The van der Waals surface area contributed by atoms with Crippen molar-refractivity contribution < 1.29 is 23.4 Å². The number of morpholine rings is 1. The highest BCUT2D eigenvalue weighted by atomic mass is 79.9. The maximum absolute atomic E-state index is 13.5. The van der Waals surface area contributed by atoms with Crippen LogP contribution in [-0.4, -0.2) is 55.6 Å². The first kappa shape index (κ1) is 15.6. The van der Waals surface area contributed by atoms with Crippen LogP contribution in [0.1, 0.15) is 0 Å². The highest BCUT2D eigenvalue weighted by Gasteiger charge is 2.17. The van der Waals surface area contributed by atoms with Crippen LogP contribution in [0.5, 0.6) is 5.75 Å². The third-order valence-electron chi connectivity index (χ3n) is 2.96. The first-order valence-electron chi connectivity index (χ1n) is 6.32. The van der Waals surface area contributed by atoms with Crippen LogP contribution in [0.4, 0.5) is 8.78 Å². The van der Waals surface area contributed by atoms with E-state index in [0.717, 1.165) is 25.2 Å². The fourth-order valence-corrected chi connectivity index (χ4v) is 2.38. The number of benzene rings is 1. The van der Waals surface area contributed by atoms with Crippen molar-refractivity contribution >= 4 is 15.9 Å². The van der Waals surface area contributed by atoms with Crippen LogP contribution in [0.3, 0.4) is 0 Å². The first-order valence-corrected chi connectivity index (χ1v) is 7.11. The third-order valence-corrected chi connectivity index (χ3v) is 3.41. The lowest BCUT2D eigenvalue weighted by Gasteiger charge is -2.28. The number of rotatable bonds is 5. The van der Waals surface area contributed by atoms with Crippen LogP contribution in [0.25, 0.3) is 0 Å². The van der Waals surface area contributed by atoms with E-state index in [4.69, 9.17) is 9.47 Å². The number of nitrogens with zero attached hydrogens (tertiary/aromatic N) is 1. The van der Waals surface area contributed by atoms with Crippen LogP contribution in [0.2, 0.25) is 0 Å². The van der Waals surface area contributed by atoms with Gasteiger partial charge in [-0.3, -0.25) is 4.90 Å². The van der Waals surface area contributed by atoms with E-state index in [-0.39, 0.29) is 6.61 Å². The molecule has 1 atom stereocenters. The molecule has 1 fully saturated rings. The molecule has 0 amide bonds. The summed E-state index contributed by atoms with van der Waals surface area (Å²) in [4.78, 5) is 2.02. The molecule has 0 unspecified atom stereocenters. The lowest BCUT2D eigenvalue weighted by Crippen LogP contribution is -2.42. The number of ether oxygens (including phenoxy) is 2. The summed E-state index contributed by atoms with van der Waals surface area (Å²) < 4.78 is 37.6. The average Bonchev–Trinajstić information content (AvgIpc) is 2.38. The molecular weight excluding hydrogens is 336 g/mol. The molecule has 0 radical (unpaired) electrons. The minimum atomic E-state index is -0.810. The Bertz CT molecular complexity index is 432. The molecule has 0 aromatic heterocycles. The number of aliphatic hydroxyl groups is 1. The molecule has 112 valence electrons. The van der Waals surface area contributed by atoms with Gasteiger partial charge in [-0.1, -0.05) is 15.9 Å². The second-order valence-corrected chi connectivity index (χ2v) is 5.49. The van der Waals surface area contributed by atoms with Crippen molar-refractivity contribution in [3.05, 3.63) is 28.2 Å². The van der Waals surface area contributed by atoms with E-state index in [2.05, 4.69) is 15.9 Å². The number of hydrogen-bond acceptors (Lipinski definition) is 4. The summed E-state index contributed by atoms with van der Waals surface area (Å²) in [5.74, 6) is -2.06. The number of hydrogen-bond donors (Lipinski definition) is 1. The summed E-state index contributed by atoms with van der Waals surface area (Å²) in [6, 6.07) is 2.24. The molecule has 1 N–H and O–H groups in total. The zero-order valence-corrected chi connectivity index (χ0v) is 12.4. The van der Waals surface area contributed by atoms with Gasteiger partial charge in [0.1, 0.15) is 12.7 Å². The standard InChI is InChI=1S/C13H16BrF2NO3/c14-9-5-11(15)13(12(16)6-9)20-8-10(18)7-17-1-3-19-4-2-17/h5-6,10,18H,1-4,7-8H2/t10-/m0/s1. The smallest absolute Gasteiger partial charge is 0.190 e. The largest absolute Gasteiger partial charge is 0.485 e. The van der Waals surface area contributed by atoms with E-state index in [1.165, 1.54) is 0 Å². The Hall–Kier alpha value is -0.760. The second-order valence-electron chi connectivity index (χ2n) is 4.58. The molecule has 1 aliphatic rings. The molecule has 7 heteroatoms. The van der Waals surface area contributed by atoms with Crippen molar-refractivity contribution in [2.45, 2.75) is 6.10 Å². The van der Waals surface area contributed by atoms with Crippen molar-refractivity contribution in [2.24, 2.45) is 0 Å². The fourth-order valence-electron chi connectivity index (χ4n) is 1.98. The lowest BCUT2D eigenvalue weighted by molar-refractivity contribution is 0.00397. The number of β-amino-alcohol motifs (C(OH)–C–C–N with tert-alkyl or cyclic N) is 1. The van der Waals surface area contributed by atoms with Crippen LogP contribution < -0.4 is 4.74 Å².